The molecule has 0 radical (unpaired) electrons. The lowest BCUT2D eigenvalue weighted by Gasteiger charge is -2.19. The van der Waals surface area contributed by atoms with Gasteiger partial charge in [-0.25, -0.2) is 9.13 Å². The van der Waals surface area contributed by atoms with Crippen molar-refractivity contribution >= 4 is 0 Å². The number of nitrogens with zero attached hydrogens (tertiary/aromatic N) is 2. The van der Waals surface area contributed by atoms with Gasteiger partial charge in [-0.2, -0.15) is 0 Å². The predicted octanol–water partition coefficient (Wildman–Crippen LogP) is 3.64. The normalized spacial score (nSPS) is 12.3. The Balaban J connectivity index is 0.00000320. The van der Waals surface area contributed by atoms with E-state index in [0.29, 0.717) is 17.8 Å². The van der Waals surface area contributed by atoms with Gasteiger partial charge in [-0.1, -0.05) is 70.5 Å². The summed E-state index contributed by atoms with van der Waals surface area (Å²) in [4.78, 5) is 0. The molecule has 0 saturated heterocycles. The van der Waals surface area contributed by atoms with E-state index in [1.54, 1.807) is 0 Å². The molecule has 30 heavy (non-hydrogen) atoms. The summed E-state index contributed by atoms with van der Waals surface area (Å²) in [6.07, 6.45) is 7.75. The minimum absolute atomic E-state index is 0. The van der Waals surface area contributed by atoms with Crippen LogP contribution in [0.3, 0.4) is 0 Å². The van der Waals surface area contributed by atoms with Gasteiger partial charge >= 0.3 is 0 Å². The van der Waals surface area contributed by atoms with E-state index < -0.39 is 0 Å². The number of aryl methyl sites for hydroxylation is 3. The van der Waals surface area contributed by atoms with Crippen LogP contribution in [0.1, 0.15) is 68.4 Å². The van der Waals surface area contributed by atoms with E-state index in [9.17, 15) is 0 Å². The van der Waals surface area contributed by atoms with Gasteiger partial charge in [0.2, 0.25) is 0 Å². The second-order valence-corrected chi connectivity index (χ2v) is 9.41. The highest BCUT2D eigenvalue weighted by atomic mass is 35.5. The maximum Gasteiger partial charge on any atom is 0.254 e. The van der Waals surface area contributed by atoms with Gasteiger partial charge in [-0.15, -0.1) is 0 Å². The largest absolute Gasteiger partial charge is 1.00 e. The average Bonchev–Trinajstić information content (AvgIpc) is 3.09. The first-order valence-electron chi connectivity index (χ1n) is 11.0. The van der Waals surface area contributed by atoms with E-state index in [0.717, 1.165) is 6.42 Å². The van der Waals surface area contributed by atoms with Crippen LogP contribution in [0.25, 0.3) is 11.4 Å². The van der Waals surface area contributed by atoms with Crippen molar-refractivity contribution in [3.63, 3.8) is 0 Å². The lowest BCUT2D eigenvalue weighted by molar-refractivity contribution is -0.595. The lowest BCUT2D eigenvalue weighted by atomic mass is 9.88. The van der Waals surface area contributed by atoms with E-state index in [2.05, 4.69) is 114 Å². The van der Waals surface area contributed by atoms with Crippen LogP contribution < -0.4 is 17.0 Å². The molecule has 0 saturated carbocycles. The molecule has 0 aliphatic carbocycles. The van der Waals surface area contributed by atoms with Crippen LogP contribution in [0.2, 0.25) is 0 Å². The molecule has 0 N–H and O–H groups in total. The molecule has 0 amide bonds. The number of aromatic nitrogens is 2. The van der Waals surface area contributed by atoms with Crippen LogP contribution in [0.15, 0.2) is 49.1 Å². The van der Waals surface area contributed by atoms with Gasteiger partial charge in [0.1, 0.15) is 23.8 Å². The Morgan fingerprint density at radius 3 is 2.13 bits per heavy atom. The second-order valence-electron chi connectivity index (χ2n) is 9.41. The van der Waals surface area contributed by atoms with E-state index in [-0.39, 0.29) is 12.4 Å². The van der Waals surface area contributed by atoms with Gasteiger partial charge in [-0.3, -0.25) is 0 Å². The maximum atomic E-state index is 2.37. The zero-order chi connectivity index (χ0) is 21.3. The van der Waals surface area contributed by atoms with Crippen molar-refractivity contribution in [1.82, 2.24) is 4.57 Å². The average molecular weight is 425 g/mol. The molecule has 0 aliphatic heterocycles. The first-order valence-corrected chi connectivity index (χ1v) is 11.0. The third-order valence-corrected chi connectivity index (χ3v) is 6.24. The Morgan fingerprint density at radius 2 is 1.57 bits per heavy atom. The molecule has 0 aliphatic rings. The van der Waals surface area contributed by atoms with Crippen molar-refractivity contribution in [1.29, 1.82) is 0 Å². The molecular formula is C27H37ClN2. The Bertz CT molecular complexity index is 975. The predicted molar refractivity (Wildman–Crippen MR) is 123 cm³/mol. The molecule has 162 valence electrons. The topological polar surface area (TPSA) is 8.81 Å². The molecule has 1 aromatic heterocycles. The number of imidazole rings is 1. The smallest absolute Gasteiger partial charge is 0.254 e. The number of rotatable bonds is 6. The van der Waals surface area contributed by atoms with Gasteiger partial charge in [-0.05, 0) is 61.6 Å². The molecule has 0 fully saturated rings. The minimum Gasteiger partial charge on any atom is -1.00 e. The van der Waals surface area contributed by atoms with Gasteiger partial charge in [0, 0.05) is 5.56 Å². The summed E-state index contributed by atoms with van der Waals surface area (Å²) < 4.78 is 4.60. The lowest BCUT2D eigenvalue weighted by Crippen LogP contribution is -3.00. The summed E-state index contributed by atoms with van der Waals surface area (Å²) >= 11 is 0. The zero-order valence-electron chi connectivity index (χ0n) is 19.8. The van der Waals surface area contributed by atoms with E-state index in [1.165, 1.54) is 39.2 Å². The number of halogens is 1. The van der Waals surface area contributed by atoms with Crippen LogP contribution in [0, 0.1) is 32.6 Å². The summed E-state index contributed by atoms with van der Waals surface area (Å²) in [5.74, 6) is 1.82. The number of benzene rings is 2. The number of hydrogen-bond donors (Lipinski definition) is 0. The van der Waals surface area contributed by atoms with Crippen molar-refractivity contribution in [2.75, 3.05) is 0 Å². The Hall–Kier alpha value is -2.06. The Labute approximate surface area is 189 Å². The van der Waals surface area contributed by atoms with Gasteiger partial charge in [0.25, 0.3) is 6.33 Å². The van der Waals surface area contributed by atoms with Crippen LogP contribution in [-0.4, -0.2) is 4.57 Å². The zero-order valence-corrected chi connectivity index (χ0v) is 20.6. The summed E-state index contributed by atoms with van der Waals surface area (Å²) in [5.41, 5.74) is 9.45. The summed E-state index contributed by atoms with van der Waals surface area (Å²) in [6, 6.07) is 11.4. The number of hydrogen-bond acceptors (Lipinski definition) is 0. The summed E-state index contributed by atoms with van der Waals surface area (Å²) in [7, 11) is 0. The van der Waals surface area contributed by atoms with Crippen molar-refractivity contribution in [3.05, 3.63) is 76.9 Å². The molecule has 1 unspecified atom stereocenters. The first-order chi connectivity index (χ1) is 13.7. The van der Waals surface area contributed by atoms with E-state index in [1.807, 2.05) is 0 Å². The highest BCUT2D eigenvalue weighted by Crippen LogP contribution is 2.29. The van der Waals surface area contributed by atoms with Crippen LogP contribution in [0.4, 0.5) is 0 Å². The van der Waals surface area contributed by atoms with E-state index in [4.69, 9.17) is 0 Å². The SMILES string of the molecule is Cc1cc(C)c(-[n+]2ccn(-c3c(CC(C)C(C)C)cccc3C(C)C)c2)c(C)c1.[Cl-]. The molecule has 3 aromatic rings. The minimum atomic E-state index is 0. The molecule has 2 nitrogen and oxygen atoms in total. The fraction of sp³-hybridized carbons (Fsp3) is 0.444. The monoisotopic (exact) mass is 424 g/mol. The highest BCUT2D eigenvalue weighted by Gasteiger charge is 2.22. The fourth-order valence-electron chi connectivity index (χ4n) is 4.34. The molecular weight excluding hydrogens is 388 g/mol. The quantitative estimate of drug-likeness (QED) is 0.534. The third kappa shape index (κ3) is 4.98. The summed E-state index contributed by atoms with van der Waals surface area (Å²) in [5, 5.41) is 0. The molecule has 2 aromatic carbocycles. The Kier molecular flexibility index (Phi) is 7.93. The standard InChI is InChI=1S/C27H37N2.ClH/c1-18(2)21(6)16-24-10-9-11-25(19(3)4)27(24)29-13-12-28(17-29)26-22(7)14-20(5)15-23(26)8;/h9-15,17-19,21H,16H2,1-8H3;1H/q+1;/p-1. The van der Waals surface area contributed by atoms with Crippen LogP contribution >= 0.6 is 0 Å². The third-order valence-electron chi connectivity index (χ3n) is 6.24. The molecule has 1 heterocycles. The van der Waals surface area contributed by atoms with E-state index >= 15 is 0 Å². The molecule has 1 atom stereocenters. The van der Waals surface area contributed by atoms with Crippen molar-refractivity contribution in [2.24, 2.45) is 11.8 Å². The van der Waals surface area contributed by atoms with Gasteiger partial charge < -0.3 is 12.4 Å². The number of para-hydroxylation sites is 1. The second kappa shape index (κ2) is 9.83. The van der Waals surface area contributed by atoms with Gasteiger partial charge in [0.15, 0.2) is 0 Å². The molecule has 0 bridgehead atoms. The fourth-order valence-corrected chi connectivity index (χ4v) is 4.34. The van der Waals surface area contributed by atoms with Crippen molar-refractivity contribution < 1.29 is 17.0 Å². The van der Waals surface area contributed by atoms with Gasteiger partial charge in [0.05, 0.1) is 0 Å². The maximum absolute atomic E-state index is 2.37. The first kappa shape index (κ1) is 24.2. The summed E-state index contributed by atoms with van der Waals surface area (Å²) in [6.45, 7) is 18.2. The Morgan fingerprint density at radius 1 is 0.933 bits per heavy atom. The highest BCUT2D eigenvalue weighted by molar-refractivity contribution is 5.50. The van der Waals surface area contributed by atoms with Crippen LogP contribution in [-0.2, 0) is 6.42 Å². The molecule has 3 rings (SSSR count). The molecule has 0 spiro atoms. The van der Waals surface area contributed by atoms with Crippen LogP contribution in [0.5, 0.6) is 0 Å². The van der Waals surface area contributed by atoms with Crippen molar-refractivity contribution in [3.8, 4) is 11.4 Å². The molecule has 3 heteroatoms. The van der Waals surface area contributed by atoms with Crippen molar-refractivity contribution in [2.45, 2.75) is 67.7 Å².